The van der Waals surface area contributed by atoms with Crippen LogP contribution in [0.4, 0.5) is 10.5 Å². The molecule has 2 heterocycles. The smallest absolute Gasteiger partial charge is 0.322 e. The predicted octanol–water partition coefficient (Wildman–Crippen LogP) is 3.35. The van der Waals surface area contributed by atoms with Gasteiger partial charge in [0, 0.05) is 29.9 Å². The topological polar surface area (TPSA) is 61.9 Å². The number of anilines is 1. The van der Waals surface area contributed by atoms with Crippen molar-refractivity contribution in [1.82, 2.24) is 9.80 Å². The van der Waals surface area contributed by atoms with Crippen LogP contribution in [0.1, 0.15) is 28.8 Å². The highest BCUT2D eigenvalue weighted by molar-refractivity contribution is 5.95. The first-order valence-corrected chi connectivity index (χ1v) is 9.37. The fourth-order valence-electron chi connectivity index (χ4n) is 3.53. The number of hydrogen-bond donors (Lipinski definition) is 1. The Kier molecular flexibility index (Phi) is 4.96. The molecule has 0 spiro atoms. The molecule has 0 radical (unpaired) electrons. The third-order valence-corrected chi connectivity index (χ3v) is 4.99. The first kappa shape index (κ1) is 17.4. The summed E-state index contributed by atoms with van der Waals surface area (Å²) < 4.78 is 5.79. The molecule has 1 saturated heterocycles. The van der Waals surface area contributed by atoms with Gasteiger partial charge in [-0.15, -0.1) is 0 Å². The molecule has 1 fully saturated rings. The Morgan fingerprint density at radius 1 is 0.926 bits per heavy atom. The summed E-state index contributed by atoms with van der Waals surface area (Å²) in [6.07, 6.45) is 2.13. The maximum absolute atomic E-state index is 12.7. The Morgan fingerprint density at radius 3 is 2.48 bits per heavy atom. The van der Waals surface area contributed by atoms with Crippen molar-refractivity contribution in [3.8, 4) is 5.75 Å². The monoisotopic (exact) mass is 365 g/mol. The van der Waals surface area contributed by atoms with E-state index in [9.17, 15) is 9.59 Å². The van der Waals surface area contributed by atoms with Gasteiger partial charge in [0.05, 0.1) is 13.1 Å². The third-order valence-electron chi connectivity index (χ3n) is 4.99. The lowest BCUT2D eigenvalue weighted by atomic mass is 10.1. The molecule has 2 aliphatic rings. The van der Waals surface area contributed by atoms with E-state index >= 15 is 0 Å². The highest BCUT2D eigenvalue weighted by Gasteiger charge is 2.24. The predicted molar refractivity (Wildman–Crippen MR) is 103 cm³/mol. The van der Waals surface area contributed by atoms with E-state index in [4.69, 9.17) is 4.74 Å². The number of amides is 3. The Morgan fingerprint density at radius 2 is 1.70 bits per heavy atom. The molecule has 4 rings (SSSR count). The average molecular weight is 365 g/mol. The van der Waals surface area contributed by atoms with E-state index in [-0.39, 0.29) is 11.9 Å². The van der Waals surface area contributed by atoms with E-state index in [0.717, 1.165) is 42.9 Å². The van der Waals surface area contributed by atoms with Crippen LogP contribution in [0.3, 0.4) is 0 Å². The van der Waals surface area contributed by atoms with E-state index in [0.29, 0.717) is 25.3 Å². The molecule has 2 aromatic rings. The van der Waals surface area contributed by atoms with Crippen molar-refractivity contribution in [2.75, 3.05) is 31.6 Å². The fraction of sp³-hybridized carbons (Fsp3) is 0.333. The lowest BCUT2D eigenvalue weighted by molar-refractivity contribution is 0.0792. The number of para-hydroxylation sites is 1. The van der Waals surface area contributed by atoms with Gasteiger partial charge in [0.15, 0.2) is 0 Å². The summed E-state index contributed by atoms with van der Waals surface area (Å²) >= 11 is 0. The summed E-state index contributed by atoms with van der Waals surface area (Å²) in [5.74, 6) is 0.794. The molecular formula is C21H23N3O3. The molecule has 6 nitrogen and oxygen atoms in total. The van der Waals surface area contributed by atoms with Gasteiger partial charge in [-0.05, 0) is 43.2 Å². The van der Waals surface area contributed by atoms with Crippen molar-refractivity contribution in [3.63, 3.8) is 0 Å². The minimum absolute atomic E-state index is 0.0554. The van der Waals surface area contributed by atoms with Crippen molar-refractivity contribution < 1.29 is 14.3 Å². The molecule has 1 N–H and O–H groups in total. The first-order valence-electron chi connectivity index (χ1n) is 9.37. The molecular weight excluding hydrogens is 342 g/mol. The van der Waals surface area contributed by atoms with E-state index in [1.807, 2.05) is 53.4 Å². The van der Waals surface area contributed by atoms with Gasteiger partial charge in [-0.3, -0.25) is 4.79 Å². The Balaban J connectivity index is 1.51. The Hall–Kier alpha value is -3.02. The molecule has 2 aromatic carbocycles. The number of hydrogen-bond acceptors (Lipinski definition) is 3. The maximum Gasteiger partial charge on any atom is 0.322 e. The molecule has 140 valence electrons. The number of carbonyl (C=O) groups is 2. The molecule has 27 heavy (non-hydrogen) atoms. The van der Waals surface area contributed by atoms with Crippen molar-refractivity contribution in [2.45, 2.75) is 19.4 Å². The second-order valence-corrected chi connectivity index (χ2v) is 6.89. The number of nitrogens with one attached hydrogen (secondary N) is 1. The molecule has 0 aromatic heterocycles. The minimum Gasteiger partial charge on any atom is -0.491 e. The Bertz CT molecular complexity index is 832. The van der Waals surface area contributed by atoms with Crippen molar-refractivity contribution in [2.24, 2.45) is 0 Å². The molecule has 0 bridgehead atoms. The molecule has 3 amide bonds. The van der Waals surface area contributed by atoms with Gasteiger partial charge < -0.3 is 19.9 Å². The van der Waals surface area contributed by atoms with Crippen LogP contribution in [0.25, 0.3) is 0 Å². The van der Waals surface area contributed by atoms with Crippen LogP contribution >= 0.6 is 0 Å². The lowest BCUT2D eigenvalue weighted by Gasteiger charge is -2.21. The maximum atomic E-state index is 12.7. The zero-order valence-electron chi connectivity index (χ0n) is 15.2. The fourth-order valence-corrected chi connectivity index (χ4v) is 3.53. The number of benzene rings is 2. The van der Waals surface area contributed by atoms with Gasteiger partial charge in [0.25, 0.3) is 5.91 Å². The third kappa shape index (κ3) is 3.89. The van der Waals surface area contributed by atoms with Crippen LogP contribution in [0.5, 0.6) is 5.75 Å². The molecule has 0 saturated carbocycles. The number of likely N-dealkylation sites (tertiary alicyclic amines) is 1. The quantitative estimate of drug-likeness (QED) is 0.888. The van der Waals surface area contributed by atoms with Crippen molar-refractivity contribution in [3.05, 3.63) is 59.7 Å². The molecule has 0 unspecified atom stereocenters. The van der Waals surface area contributed by atoms with Crippen molar-refractivity contribution in [1.29, 1.82) is 0 Å². The average Bonchev–Trinajstić information content (AvgIpc) is 3.14. The number of fused-ring (bicyclic) bond motifs is 1. The standard InChI is InChI=1S/C21H23N3O3/c25-20(23-10-4-5-11-23)16-8-9-19-17(14-16)15-24(12-13-27-19)21(26)22-18-6-2-1-3-7-18/h1-3,6-9,14H,4-5,10-13,15H2,(H,22,26). The molecule has 0 aliphatic carbocycles. The summed E-state index contributed by atoms with van der Waals surface area (Å²) in [5.41, 5.74) is 2.27. The molecule has 0 atom stereocenters. The number of rotatable bonds is 2. The zero-order valence-corrected chi connectivity index (χ0v) is 15.2. The highest BCUT2D eigenvalue weighted by atomic mass is 16.5. The normalized spacial score (nSPS) is 16.3. The van der Waals surface area contributed by atoms with Gasteiger partial charge >= 0.3 is 6.03 Å². The van der Waals surface area contributed by atoms with Gasteiger partial charge in [0.1, 0.15) is 12.4 Å². The second kappa shape index (κ2) is 7.70. The highest BCUT2D eigenvalue weighted by Crippen LogP contribution is 2.26. The van der Waals surface area contributed by atoms with Gasteiger partial charge in [-0.25, -0.2) is 4.79 Å². The van der Waals surface area contributed by atoms with Crippen LogP contribution in [-0.2, 0) is 6.54 Å². The van der Waals surface area contributed by atoms with E-state index in [1.54, 1.807) is 4.90 Å². The second-order valence-electron chi connectivity index (χ2n) is 6.89. The first-order chi connectivity index (χ1) is 13.2. The summed E-state index contributed by atoms with van der Waals surface area (Å²) in [7, 11) is 0. The van der Waals surface area contributed by atoms with Gasteiger partial charge in [-0.2, -0.15) is 0 Å². The SMILES string of the molecule is O=C(Nc1ccccc1)N1CCOc2ccc(C(=O)N3CCCC3)cc2C1. The number of ether oxygens (including phenoxy) is 1. The van der Waals surface area contributed by atoms with Crippen LogP contribution in [0.2, 0.25) is 0 Å². The summed E-state index contributed by atoms with van der Waals surface area (Å²) in [6.45, 7) is 2.96. The van der Waals surface area contributed by atoms with Crippen LogP contribution in [0, 0.1) is 0 Å². The molecule has 2 aliphatic heterocycles. The van der Waals surface area contributed by atoms with Gasteiger partial charge in [0.2, 0.25) is 0 Å². The van der Waals surface area contributed by atoms with E-state index < -0.39 is 0 Å². The summed E-state index contributed by atoms with van der Waals surface area (Å²) in [4.78, 5) is 28.9. The summed E-state index contributed by atoms with van der Waals surface area (Å²) in [6, 6.07) is 14.7. The van der Waals surface area contributed by atoms with Crippen molar-refractivity contribution >= 4 is 17.6 Å². The number of urea groups is 1. The molecule has 6 heteroatoms. The van der Waals surface area contributed by atoms with Crippen LogP contribution in [-0.4, -0.2) is 48.0 Å². The van der Waals surface area contributed by atoms with Crippen LogP contribution < -0.4 is 10.1 Å². The van der Waals surface area contributed by atoms with E-state index in [1.165, 1.54) is 0 Å². The zero-order chi connectivity index (χ0) is 18.6. The Labute approximate surface area is 158 Å². The van der Waals surface area contributed by atoms with Crippen LogP contribution in [0.15, 0.2) is 48.5 Å². The lowest BCUT2D eigenvalue weighted by Crippen LogP contribution is -2.36. The number of nitrogens with zero attached hydrogens (tertiary/aromatic N) is 2. The van der Waals surface area contributed by atoms with E-state index in [2.05, 4.69) is 5.32 Å². The largest absolute Gasteiger partial charge is 0.491 e. The number of carbonyl (C=O) groups excluding carboxylic acids is 2. The van der Waals surface area contributed by atoms with Gasteiger partial charge in [-0.1, -0.05) is 18.2 Å². The summed E-state index contributed by atoms with van der Waals surface area (Å²) in [5, 5.41) is 2.91. The minimum atomic E-state index is -0.172.